The van der Waals surface area contributed by atoms with Gasteiger partial charge in [0.15, 0.2) is 0 Å². The number of hydrogen-bond donors (Lipinski definition) is 2. The Labute approximate surface area is 124 Å². The number of anilines is 1. The van der Waals surface area contributed by atoms with E-state index in [1.165, 1.54) is 10.4 Å². The van der Waals surface area contributed by atoms with Gasteiger partial charge in [-0.2, -0.15) is 0 Å². The molecule has 4 nitrogen and oxygen atoms in total. The van der Waals surface area contributed by atoms with Crippen LogP contribution in [0.15, 0.2) is 6.33 Å². The normalized spacial score (nSPS) is 14.8. The lowest BCUT2D eigenvalue weighted by molar-refractivity contribution is 0.406. The average molecular weight is 292 g/mol. The van der Waals surface area contributed by atoms with Crippen molar-refractivity contribution in [3.05, 3.63) is 16.8 Å². The number of aromatic nitrogens is 2. The second-order valence-corrected chi connectivity index (χ2v) is 7.38. The number of nitrogens with one attached hydrogen (secondary N) is 1. The van der Waals surface area contributed by atoms with Gasteiger partial charge in [-0.3, -0.25) is 0 Å². The van der Waals surface area contributed by atoms with Crippen molar-refractivity contribution >= 4 is 27.4 Å². The maximum Gasteiger partial charge on any atom is 0.138 e. The summed E-state index contributed by atoms with van der Waals surface area (Å²) in [5.74, 6) is 1.49. The second kappa shape index (κ2) is 5.66. The maximum absolute atomic E-state index is 5.99. The summed E-state index contributed by atoms with van der Waals surface area (Å²) in [7, 11) is 0. The topological polar surface area (TPSA) is 63.8 Å². The maximum atomic E-state index is 5.99. The summed E-state index contributed by atoms with van der Waals surface area (Å²) in [6.45, 7) is 11.4. The van der Waals surface area contributed by atoms with Crippen molar-refractivity contribution in [2.75, 3.05) is 11.9 Å². The summed E-state index contributed by atoms with van der Waals surface area (Å²) < 4.78 is 0. The smallest absolute Gasteiger partial charge is 0.138 e. The van der Waals surface area contributed by atoms with Crippen LogP contribution in [-0.2, 0) is 0 Å². The molecule has 0 aliphatic rings. The standard InChI is InChI=1S/C15H24N4S/c1-9(2)6-15(5,7-16)19-13-12-10(3)11(4)20-14(12)18-8-17-13/h8-9H,6-7,16H2,1-5H3,(H,17,18,19). The van der Waals surface area contributed by atoms with E-state index in [2.05, 4.69) is 49.9 Å². The first-order chi connectivity index (χ1) is 9.36. The van der Waals surface area contributed by atoms with Crippen molar-refractivity contribution < 1.29 is 0 Å². The molecule has 20 heavy (non-hydrogen) atoms. The molecule has 0 spiro atoms. The van der Waals surface area contributed by atoms with Gasteiger partial charge in [0.2, 0.25) is 0 Å². The van der Waals surface area contributed by atoms with E-state index >= 15 is 0 Å². The number of nitrogens with two attached hydrogens (primary N) is 1. The van der Waals surface area contributed by atoms with Crippen LogP contribution in [0.1, 0.15) is 37.6 Å². The molecule has 0 saturated carbocycles. The molecule has 2 aromatic heterocycles. The van der Waals surface area contributed by atoms with Gasteiger partial charge in [-0.05, 0) is 38.7 Å². The molecule has 0 amide bonds. The predicted molar refractivity (Wildman–Crippen MR) is 87.4 cm³/mol. The summed E-state index contributed by atoms with van der Waals surface area (Å²) >= 11 is 1.72. The van der Waals surface area contributed by atoms with Crippen LogP contribution in [0.4, 0.5) is 5.82 Å². The van der Waals surface area contributed by atoms with Gasteiger partial charge in [0.1, 0.15) is 17.0 Å². The molecule has 0 aliphatic heterocycles. The van der Waals surface area contributed by atoms with Crippen molar-refractivity contribution in [2.45, 2.75) is 46.6 Å². The number of hydrogen-bond acceptors (Lipinski definition) is 5. The van der Waals surface area contributed by atoms with E-state index in [0.717, 1.165) is 22.5 Å². The molecule has 2 aromatic rings. The minimum atomic E-state index is -0.141. The molecule has 1 atom stereocenters. The lowest BCUT2D eigenvalue weighted by atomic mass is 9.90. The van der Waals surface area contributed by atoms with E-state index in [4.69, 9.17) is 5.73 Å². The average Bonchev–Trinajstić information content (AvgIpc) is 2.65. The Hall–Kier alpha value is -1.20. The van der Waals surface area contributed by atoms with Crippen molar-refractivity contribution in [1.82, 2.24) is 9.97 Å². The fourth-order valence-electron chi connectivity index (χ4n) is 2.65. The molecule has 2 rings (SSSR count). The molecule has 0 aromatic carbocycles. The first kappa shape index (κ1) is 15.2. The Kier molecular flexibility index (Phi) is 4.30. The van der Waals surface area contributed by atoms with E-state index in [1.54, 1.807) is 17.7 Å². The highest BCUT2D eigenvalue weighted by molar-refractivity contribution is 7.18. The molecule has 0 saturated heterocycles. The SMILES string of the molecule is Cc1sc2ncnc(NC(C)(CN)CC(C)C)c2c1C. The highest BCUT2D eigenvalue weighted by Gasteiger charge is 2.25. The lowest BCUT2D eigenvalue weighted by Gasteiger charge is -2.32. The van der Waals surface area contributed by atoms with Crippen LogP contribution < -0.4 is 11.1 Å². The Bertz CT molecular complexity index is 605. The molecule has 0 bridgehead atoms. The van der Waals surface area contributed by atoms with Gasteiger partial charge in [-0.1, -0.05) is 13.8 Å². The van der Waals surface area contributed by atoms with Gasteiger partial charge in [0.25, 0.3) is 0 Å². The number of nitrogens with zero attached hydrogens (tertiary/aromatic N) is 2. The molecule has 0 fully saturated rings. The second-order valence-electron chi connectivity index (χ2n) is 6.17. The summed E-state index contributed by atoms with van der Waals surface area (Å²) in [5.41, 5.74) is 7.11. The van der Waals surface area contributed by atoms with Gasteiger partial charge in [0, 0.05) is 17.0 Å². The van der Waals surface area contributed by atoms with Crippen LogP contribution in [0.25, 0.3) is 10.2 Å². The zero-order valence-electron chi connectivity index (χ0n) is 12.9. The van der Waals surface area contributed by atoms with E-state index in [9.17, 15) is 0 Å². The molecular formula is C15H24N4S. The van der Waals surface area contributed by atoms with Crippen LogP contribution in [0.3, 0.4) is 0 Å². The Balaban J connectivity index is 2.42. The fraction of sp³-hybridized carbons (Fsp3) is 0.600. The van der Waals surface area contributed by atoms with E-state index in [-0.39, 0.29) is 5.54 Å². The van der Waals surface area contributed by atoms with Crippen LogP contribution in [0.2, 0.25) is 0 Å². The predicted octanol–water partition coefficient (Wildman–Crippen LogP) is 3.48. The highest BCUT2D eigenvalue weighted by atomic mass is 32.1. The highest BCUT2D eigenvalue weighted by Crippen LogP contribution is 2.34. The molecule has 3 N–H and O–H groups in total. The van der Waals surface area contributed by atoms with Crippen molar-refractivity contribution in [3.63, 3.8) is 0 Å². The van der Waals surface area contributed by atoms with Crippen LogP contribution in [-0.4, -0.2) is 22.1 Å². The monoisotopic (exact) mass is 292 g/mol. The Morgan fingerprint density at radius 1 is 1.35 bits per heavy atom. The van der Waals surface area contributed by atoms with Crippen molar-refractivity contribution in [3.8, 4) is 0 Å². The Morgan fingerprint density at radius 2 is 2.05 bits per heavy atom. The molecule has 2 heterocycles. The number of aryl methyl sites for hydroxylation is 2. The van der Waals surface area contributed by atoms with Crippen LogP contribution in [0, 0.1) is 19.8 Å². The first-order valence-corrected chi connectivity index (χ1v) is 7.87. The lowest BCUT2D eigenvalue weighted by Crippen LogP contribution is -2.44. The summed E-state index contributed by atoms with van der Waals surface area (Å²) in [4.78, 5) is 11.2. The van der Waals surface area contributed by atoms with Crippen LogP contribution in [0.5, 0.6) is 0 Å². The quantitative estimate of drug-likeness (QED) is 0.885. The van der Waals surface area contributed by atoms with E-state index < -0.39 is 0 Å². The van der Waals surface area contributed by atoms with Crippen LogP contribution >= 0.6 is 11.3 Å². The summed E-state index contributed by atoms with van der Waals surface area (Å²) in [6.07, 6.45) is 2.64. The van der Waals surface area contributed by atoms with Gasteiger partial charge < -0.3 is 11.1 Å². The zero-order chi connectivity index (χ0) is 14.9. The van der Waals surface area contributed by atoms with E-state index in [1.807, 2.05) is 0 Å². The largest absolute Gasteiger partial charge is 0.363 e. The molecule has 110 valence electrons. The molecule has 5 heteroatoms. The third-order valence-electron chi connectivity index (χ3n) is 3.69. The van der Waals surface area contributed by atoms with Gasteiger partial charge in [-0.25, -0.2) is 9.97 Å². The van der Waals surface area contributed by atoms with Gasteiger partial charge in [-0.15, -0.1) is 11.3 Å². The minimum absolute atomic E-state index is 0.141. The molecule has 0 radical (unpaired) electrons. The summed E-state index contributed by atoms with van der Waals surface area (Å²) in [6, 6.07) is 0. The van der Waals surface area contributed by atoms with Crippen molar-refractivity contribution in [1.29, 1.82) is 0 Å². The third-order valence-corrected chi connectivity index (χ3v) is 4.81. The Morgan fingerprint density at radius 3 is 2.65 bits per heavy atom. The zero-order valence-corrected chi connectivity index (χ0v) is 13.8. The number of thiophene rings is 1. The summed E-state index contributed by atoms with van der Waals surface area (Å²) in [5, 5.41) is 4.70. The molecule has 0 aliphatic carbocycles. The molecular weight excluding hydrogens is 268 g/mol. The number of fused-ring (bicyclic) bond motifs is 1. The first-order valence-electron chi connectivity index (χ1n) is 7.05. The fourth-order valence-corrected chi connectivity index (χ4v) is 3.65. The number of rotatable bonds is 5. The molecule has 1 unspecified atom stereocenters. The third kappa shape index (κ3) is 2.94. The van der Waals surface area contributed by atoms with E-state index in [0.29, 0.717) is 12.5 Å². The van der Waals surface area contributed by atoms with Gasteiger partial charge in [0.05, 0.1) is 5.39 Å². The van der Waals surface area contributed by atoms with Crippen molar-refractivity contribution in [2.24, 2.45) is 11.7 Å². The minimum Gasteiger partial charge on any atom is -0.363 e. The van der Waals surface area contributed by atoms with Gasteiger partial charge >= 0.3 is 0 Å².